The molecule has 5 heteroatoms. The molecule has 1 aromatic heterocycles. The Hall–Kier alpha value is -1.20. The molecule has 0 amide bonds. The van der Waals surface area contributed by atoms with E-state index in [0.717, 1.165) is 24.1 Å². The first-order valence-electron chi connectivity index (χ1n) is 7.35. The van der Waals surface area contributed by atoms with Gasteiger partial charge in [0.15, 0.2) is 5.82 Å². The molecule has 2 unspecified atom stereocenters. The number of nitrogen functional groups attached to an aromatic ring is 1. The van der Waals surface area contributed by atoms with Gasteiger partial charge in [-0.05, 0) is 31.2 Å². The van der Waals surface area contributed by atoms with Gasteiger partial charge < -0.3 is 5.43 Å². The molecular formula is C14H23N5. The summed E-state index contributed by atoms with van der Waals surface area (Å²) in [5.41, 5.74) is 3.54. The van der Waals surface area contributed by atoms with Gasteiger partial charge in [0, 0.05) is 13.1 Å². The number of aromatic nitrogens is 2. The summed E-state index contributed by atoms with van der Waals surface area (Å²) in [7, 11) is 0. The van der Waals surface area contributed by atoms with E-state index in [1.807, 2.05) is 6.20 Å². The Morgan fingerprint density at radius 3 is 2.74 bits per heavy atom. The molecule has 2 atom stereocenters. The zero-order valence-electron chi connectivity index (χ0n) is 11.4. The average molecular weight is 261 g/mol. The predicted octanol–water partition coefficient (Wildman–Crippen LogP) is 1.77. The molecule has 1 aliphatic carbocycles. The third-order valence-electron chi connectivity index (χ3n) is 4.61. The molecule has 19 heavy (non-hydrogen) atoms. The maximum absolute atomic E-state index is 5.29. The summed E-state index contributed by atoms with van der Waals surface area (Å²) in [6.45, 7) is 3.37. The second-order valence-electron chi connectivity index (χ2n) is 5.87. The third kappa shape index (κ3) is 3.04. The van der Waals surface area contributed by atoms with Crippen LogP contribution in [0.3, 0.4) is 0 Å². The van der Waals surface area contributed by atoms with Crippen LogP contribution in [0.2, 0.25) is 0 Å². The number of hydrogen-bond donors (Lipinski definition) is 2. The number of anilines is 1. The van der Waals surface area contributed by atoms with Gasteiger partial charge in [-0.15, -0.1) is 0 Å². The molecule has 1 saturated heterocycles. The van der Waals surface area contributed by atoms with Crippen molar-refractivity contribution < 1.29 is 0 Å². The van der Waals surface area contributed by atoms with Gasteiger partial charge >= 0.3 is 0 Å². The van der Waals surface area contributed by atoms with Crippen LogP contribution in [0.15, 0.2) is 12.4 Å². The Morgan fingerprint density at radius 1 is 1.16 bits per heavy atom. The van der Waals surface area contributed by atoms with E-state index >= 15 is 0 Å². The molecular weight excluding hydrogens is 238 g/mol. The predicted molar refractivity (Wildman–Crippen MR) is 75.2 cm³/mol. The van der Waals surface area contributed by atoms with Crippen LogP contribution in [0.25, 0.3) is 0 Å². The first-order valence-corrected chi connectivity index (χ1v) is 7.35. The quantitative estimate of drug-likeness (QED) is 0.641. The fraction of sp³-hybridized carbons (Fsp3) is 0.714. The lowest BCUT2D eigenvalue weighted by Crippen LogP contribution is -2.41. The first-order chi connectivity index (χ1) is 9.35. The van der Waals surface area contributed by atoms with E-state index in [1.165, 1.54) is 45.2 Å². The van der Waals surface area contributed by atoms with Gasteiger partial charge in [-0.2, -0.15) is 0 Å². The summed E-state index contributed by atoms with van der Waals surface area (Å²) in [6, 6.07) is 0. The van der Waals surface area contributed by atoms with Crippen molar-refractivity contribution in [2.24, 2.45) is 17.7 Å². The Morgan fingerprint density at radius 2 is 2.00 bits per heavy atom. The molecule has 3 rings (SSSR count). The molecule has 5 nitrogen and oxygen atoms in total. The maximum Gasteiger partial charge on any atom is 0.158 e. The summed E-state index contributed by atoms with van der Waals surface area (Å²) in [5.74, 6) is 7.82. The molecule has 0 bridgehead atoms. The molecule has 2 aliphatic rings. The van der Waals surface area contributed by atoms with Crippen molar-refractivity contribution in [3.8, 4) is 0 Å². The van der Waals surface area contributed by atoms with Gasteiger partial charge in [-0.25, -0.2) is 10.8 Å². The summed E-state index contributed by atoms with van der Waals surface area (Å²) < 4.78 is 0. The van der Waals surface area contributed by atoms with Crippen LogP contribution >= 0.6 is 0 Å². The summed E-state index contributed by atoms with van der Waals surface area (Å²) in [4.78, 5) is 11.2. The number of rotatable bonds is 3. The van der Waals surface area contributed by atoms with Crippen molar-refractivity contribution in [2.75, 3.05) is 18.5 Å². The van der Waals surface area contributed by atoms with Gasteiger partial charge in [0.25, 0.3) is 0 Å². The van der Waals surface area contributed by atoms with E-state index in [9.17, 15) is 0 Å². The number of hydrogen-bond acceptors (Lipinski definition) is 5. The van der Waals surface area contributed by atoms with Crippen molar-refractivity contribution in [3.63, 3.8) is 0 Å². The van der Waals surface area contributed by atoms with Gasteiger partial charge in [-0.3, -0.25) is 9.88 Å². The van der Waals surface area contributed by atoms with Gasteiger partial charge in [0.05, 0.1) is 18.1 Å². The summed E-state index contributed by atoms with van der Waals surface area (Å²) >= 11 is 0. The largest absolute Gasteiger partial charge is 0.307 e. The SMILES string of the molecule is NNc1cnc(CN2CCC3CCCCC3C2)cn1. The van der Waals surface area contributed by atoms with Crippen LogP contribution in [0, 0.1) is 11.8 Å². The molecule has 1 aromatic rings. The topological polar surface area (TPSA) is 67.1 Å². The molecule has 3 N–H and O–H groups in total. The number of piperidine rings is 1. The van der Waals surface area contributed by atoms with Crippen molar-refractivity contribution in [1.29, 1.82) is 0 Å². The highest BCUT2D eigenvalue weighted by molar-refractivity contribution is 5.28. The zero-order valence-corrected chi connectivity index (χ0v) is 11.4. The van der Waals surface area contributed by atoms with Gasteiger partial charge in [0.2, 0.25) is 0 Å². The standard InChI is InChI=1S/C14H23N5/c15-18-14-8-16-13(7-17-14)10-19-6-5-11-3-1-2-4-12(11)9-19/h7-8,11-12H,1-6,9-10,15H2,(H,17,18). The third-order valence-corrected chi connectivity index (χ3v) is 4.61. The van der Waals surface area contributed by atoms with Gasteiger partial charge in [-0.1, -0.05) is 19.3 Å². The van der Waals surface area contributed by atoms with Crippen molar-refractivity contribution >= 4 is 5.82 Å². The second-order valence-corrected chi connectivity index (χ2v) is 5.87. The maximum atomic E-state index is 5.29. The fourth-order valence-corrected chi connectivity index (χ4v) is 3.56. The average Bonchev–Trinajstić information content (AvgIpc) is 2.48. The van der Waals surface area contributed by atoms with Crippen LogP contribution in [-0.4, -0.2) is 28.0 Å². The highest BCUT2D eigenvalue weighted by Gasteiger charge is 2.30. The van der Waals surface area contributed by atoms with Gasteiger partial charge in [0.1, 0.15) is 0 Å². The van der Waals surface area contributed by atoms with Crippen LogP contribution in [-0.2, 0) is 6.54 Å². The van der Waals surface area contributed by atoms with E-state index in [4.69, 9.17) is 5.84 Å². The Kier molecular flexibility index (Phi) is 3.94. The van der Waals surface area contributed by atoms with Crippen molar-refractivity contribution in [3.05, 3.63) is 18.1 Å². The summed E-state index contributed by atoms with van der Waals surface area (Å²) in [6.07, 6.45) is 10.6. The van der Waals surface area contributed by atoms with E-state index in [2.05, 4.69) is 20.3 Å². The Bertz CT molecular complexity index is 405. The Labute approximate surface area is 114 Å². The number of hydrazine groups is 1. The normalized spacial score (nSPS) is 27.8. The zero-order chi connectivity index (χ0) is 13.1. The van der Waals surface area contributed by atoms with Crippen LogP contribution in [0.5, 0.6) is 0 Å². The molecule has 0 radical (unpaired) electrons. The van der Waals surface area contributed by atoms with E-state index < -0.39 is 0 Å². The van der Waals surface area contributed by atoms with Crippen LogP contribution < -0.4 is 11.3 Å². The lowest BCUT2D eigenvalue weighted by molar-refractivity contribution is 0.0811. The van der Waals surface area contributed by atoms with Crippen molar-refractivity contribution in [2.45, 2.75) is 38.6 Å². The van der Waals surface area contributed by atoms with E-state index in [0.29, 0.717) is 5.82 Å². The molecule has 2 heterocycles. The monoisotopic (exact) mass is 261 g/mol. The van der Waals surface area contributed by atoms with E-state index in [1.54, 1.807) is 6.20 Å². The number of nitrogens with two attached hydrogens (primary N) is 1. The highest BCUT2D eigenvalue weighted by atomic mass is 15.3. The minimum Gasteiger partial charge on any atom is -0.307 e. The number of nitrogens with one attached hydrogen (secondary N) is 1. The van der Waals surface area contributed by atoms with Crippen molar-refractivity contribution in [1.82, 2.24) is 14.9 Å². The number of nitrogens with zero attached hydrogens (tertiary/aromatic N) is 3. The fourth-order valence-electron chi connectivity index (χ4n) is 3.56. The highest BCUT2D eigenvalue weighted by Crippen LogP contribution is 2.36. The molecule has 104 valence electrons. The molecule has 1 aliphatic heterocycles. The summed E-state index contributed by atoms with van der Waals surface area (Å²) in [5, 5.41) is 0. The molecule has 0 aromatic carbocycles. The minimum absolute atomic E-state index is 0.620. The van der Waals surface area contributed by atoms with Crippen LogP contribution in [0.1, 0.15) is 37.8 Å². The minimum atomic E-state index is 0.620. The number of fused-ring (bicyclic) bond motifs is 1. The smallest absolute Gasteiger partial charge is 0.158 e. The lowest BCUT2D eigenvalue weighted by Gasteiger charge is -2.41. The molecule has 0 spiro atoms. The second kappa shape index (κ2) is 5.84. The molecule has 2 fully saturated rings. The van der Waals surface area contributed by atoms with E-state index in [-0.39, 0.29) is 0 Å². The first kappa shape index (κ1) is 12.8. The lowest BCUT2D eigenvalue weighted by atomic mass is 9.75. The number of likely N-dealkylation sites (tertiary alicyclic amines) is 1. The Balaban J connectivity index is 1.57. The van der Waals surface area contributed by atoms with Crippen LogP contribution in [0.4, 0.5) is 5.82 Å². The molecule has 1 saturated carbocycles.